The number of nitrogen functional groups attached to an aromatic ring is 1. The Morgan fingerprint density at radius 1 is 1.50 bits per heavy atom. The summed E-state index contributed by atoms with van der Waals surface area (Å²) in [6, 6.07) is 5.46. The maximum Gasteiger partial charge on any atom is 0.0581 e. The Kier molecular flexibility index (Phi) is 4.10. The van der Waals surface area contributed by atoms with Crippen molar-refractivity contribution in [3.8, 4) is 0 Å². The topological polar surface area (TPSA) is 52.3 Å². The molecule has 1 aromatic rings. The van der Waals surface area contributed by atoms with Gasteiger partial charge in [-0.05, 0) is 24.6 Å². The number of methoxy groups -OCH3 is 1. The third-order valence-corrected chi connectivity index (χ3v) is 3.40. The molecular formula is C10H15NO2S. The Hall–Kier alpha value is -0.870. The highest BCUT2D eigenvalue weighted by Gasteiger charge is 2.06. The van der Waals surface area contributed by atoms with Gasteiger partial charge in [0.15, 0.2) is 0 Å². The molecule has 78 valence electrons. The first-order valence-electron chi connectivity index (χ1n) is 4.38. The van der Waals surface area contributed by atoms with Crippen molar-refractivity contribution in [3.05, 3.63) is 23.8 Å². The largest absolute Gasteiger partial charge is 0.399 e. The lowest BCUT2D eigenvalue weighted by Gasteiger charge is -2.06. The first kappa shape index (κ1) is 11.2. The minimum Gasteiger partial charge on any atom is -0.399 e. The van der Waals surface area contributed by atoms with Crippen molar-refractivity contribution in [2.24, 2.45) is 0 Å². The van der Waals surface area contributed by atoms with Crippen LogP contribution in [0.25, 0.3) is 0 Å². The Morgan fingerprint density at radius 2 is 2.21 bits per heavy atom. The molecule has 0 radical (unpaired) electrons. The molecule has 1 atom stereocenters. The number of rotatable bonds is 4. The van der Waals surface area contributed by atoms with E-state index in [-0.39, 0.29) is 0 Å². The molecule has 4 heteroatoms. The number of hydrogen-bond donors (Lipinski definition) is 1. The predicted octanol–water partition coefficient (Wildman–Crippen LogP) is 1.33. The maximum absolute atomic E-state index is 11.8. The van der Waals surface area contributed by atoms with E-state index in [0.29, 0.717) is 18.0 Å². The van der Waals surface area contributed by atoms with Crippen molar-refractivity contribution >= 4 is 16.5 Å². The molecule has 0 amide bonds. The van der Waals surface area contributed by atoms with Gasteiger partial charge in [0.2, 0.25) is 0 Å². The van der Waals surface area contributed by atoms with Crippen LogP contribution in [0.5, 0.6) is 0 Å². The van der Waals surface area contributed by atoms with Crippen molar-refractivity contribution in [2.75, 3.05) is 25.2 Å². The van der Waals surface area contributed by atoms with E-state index in [1.54, 1.807) is 13.2 Å². The van der Waals surface area contributed by atoms with Gasteiger partial charge in [-0.2, -0.15) is 0 Å². The van der Waals surface area contributed by atoms with Crippen LogP contribution >= 0.6 is 0 Å². The molecule has 0 saturated carbocycles. The SMILES string of the molecule is COCCS(=O)c1cc(N)ccc1C. The molecule has 0 heterocycles. The van der Waals surface area contributed by atoms with E-state index >= 15 is 0 Å². The van der Waals surface area contributed by atoms with Gasteiger partial charge < -0.3 is 10.5 Å². The molecule has 0 bridgehead atoms. The summed E-state index contributed by atoms with van der Waals surface area (Å²) in [6.07, 6.45) is 0. The Morgan fingerprint density at radius 3 is 2.86 bits per heavy atom. The van der Waals surface area contributed by atoms with Crippen LogP contribution in [0.15, 0.2) is 23.1 Å². The van der Waals surface area contributed by atoms with Gasteiger partial charge in [0.1, 0.15) is 0 Å². The van der Waals surface area contributed by atoms with Crippen LogP contribution in [0.1, 0.15) is 5.56 Å². The second kappa shape index (κ2) is 5.12. The van der Waals surface area contributed by atoms with Gasteiger partial charge in [-0.15, -0.1) is 0 Å². The summed E-state index contributed by atoms with van der Waals surface area (Å²) in [7, 11) is 0.590. The van der Waals surface area contributed by atoms with Crippen LogP contribution in [0.3, 0.4) is 0 Å². The van der Waals surface area contributed by atoms with Gasteiger partial charge in [0.25, 0.3) is 0 Å². The van der Waals surface area contributed by atoms with Crippen LogP contribution in [0.2, 0.25) is 0 Å². The Bertz CT molecular complexity index is 339. The minimum absolute atomic E-state index is 0.501. The lowest BCUT2D eigenvalue weighted by atomic mass is 10.2. The van der Waals surface area contributed by atoms with E-state index in [9.17, 15) is 4.21 Å². The molecule has 14 heavy (non-hydrogen) atoms. The molecule has 3 nitrogen and oxygen atoms in total. The summed E-state index contributed by atoms with van der Waals surface area (Å²) in [5.74, 6) is 0.515. The normalized spacial score (nSPS) is 12.7. The van der Waals surface area contributed by atoms with Crippen LogP contribution in [0.4, 0.5) is 5.69 Å². The molecule has 0 fully saturated rings. The number of aryl methyl sites for hydroxylation is 1. The minimum atomic E-state index is -1.01. The van der Waals surface area contributed by atoms with Crippen molar-refractivity contribution in [2.45, 2.75) is 11.8 Å². The van der Waals surface area contributed by atoms with E-state index < -0.39 is 10.8 Å². The van der Waals surface area contributed by atoms with Crippen molar-refractivity contribution in [1.82, 2.24) is 0 Å². The van der Waals surface area contributed by atoms with Gasteiger partial charge in [0.05, 0.1) is 23.2 Å². The second-order valence-corrected chi connectivity index (χ2v) is 4.61. The highest BCUT2D eigenvalue weighted by molar-refractivity contribution is 7.85. The van der Waals surface area contributed by atoms with Crippen LogP contribution < -0.4 is 5.73 Å². The molecule has 0 aliphatic heterocycles. The van der Waals surface area contributed by atoms with E-state index in [1.807, 2.05) is 19.1 Å². The smallest absolute Gasteiger partial charge is 0.0581 e. The molecule has 0 aromatic heterocycles. The quantitative estimate of drug-likeness (QED) is 0.768. The summed E-state index contributed by atoms with van der Waals surface area (Å²) in [5.41, 5.74) is 7.29. The number of anilines is 1. The number of nitrogens with two attached hydrogens (primary N) is 1. The first-order chi connectivity index (χ1) is 6.65. The highest BCUT2D eigenvalue weighted by atomic mass is 32.2. The molecular weight excluding hydrogens is 198 g/mol. The lowest BCUT2D eigenvalue weighted by Crippen LogP contribution is -2.06. The summed E-state index contributed by atoms with van der Waals surface area (Å²) >= 11 is 0. The number of benzene rings is 1. The van der Waals surface area contributed by atoms with E-state index in [0.717, 1.165) is 10.5 Å². The highest BCUT2D eigenvalue weighted by Crippen LogP contribution is 2.16. The van der Waals surface area contributed by atoms with Crippen LogP contribution in [-0.2, 0) is 15.5 Å². The number of ether oxygens (including phenoxy) is 1. The second-order valence-electron chi connectivity index (χ2n) is 3.07. The van der Waals surface area contributed by atoms with Crippen LogP contribution in [-0.4, -0.2) is 23.7 Å². The molecule has 2 N–H and O–H groups in total. The maximum atomic E-state index is 11.8. The molecule has 0 aliphatic rings. The van der Waals surface area contributed by atoms with Gasteiger partial charge in [-0.25, -0.2) is 0 Å². The molecule has 0 aliphatic carbocycles. The average molecular weight is 213 g/mol. The molecule has 0 saturated heterocycles. The average Bonchev–Trinajstić information content (AvgIpc) is 2.18. The van der Waals surface area contributed by atoms with Crippen LogP contribution in [0, 0.1) is 6.92 Å². The third-order valence-electron chi connectivity index (χ3n) is 1.93. The first-order valence-corrected chi connectivity index (χ1v) is 5.70. The summed E-state index contributed by atoms with van der Waals surface area (Å²) < 4.78 is 16.6. The lowest BCUT2D eigenvalue weighted by molar-refractivity contribution is 0.218. The van der Waals surface area contributed by atoms with Gasteiger partial charge in [-0.3, -0.25) is 4.21 Å². The molecule has 0 spiro atoms. The Balaban J connectivity index is 2.83. The molecule has 1 aromatic carbocycles. The molecule has 1 unspecified atom stereocenters. The van der Waals surface area contributed by atoms with E-state index in [4.69, 9.17) is 10.5 Å². The Labute approximate surface area is 86.7 Å². The fraction of sp³-hybridized carbons (Fsp3) is 0.400. The zero-order valence-corrected chi connectivity index (χ0v) is 9.26. The fourth-order valence-electron chi connectivity index (χ4n) is 1.13. The zero-order chi connectivity index (χ0) is 10.6. The van der Waals surface area contributed by atoms with E-state index in [1.165, 1.54) is 0 Å². The summed E-state index contributed by atoms with van der Waals surface area (Å²) in [4.78, 5) is 0.807. The van der Waals surface area contributed by atoms with Crippen molar-refractivity contribution in [3.63, 3.8) is 0 Å². The summed E-state index contributed by atoms with van der Waals surface area (Å²) in [6.45, 7) is 2.43. The van der Waals surface area contributed by atoms with Gasteiger partial charge in [0, 0.05) is 17.7 Å². The zero-order valence-electron chi connectivity index (χ0n) is 8.45. The predicted molar refractivity (Wildman–Crippen MR) is 58.7 cm³/mol. The van der Waals surface area contributed by atoms with Gasteiger partial charge in [-0.1, -0.05) is 6.07 Å². The van der Waals surface area contributed by atoms with E-state index in [2.05, 4.69) is 0 Å². The van der Waals surface area contributed by atoms with Crippen molar-refractivity contribution < 1.29 is 8.95 Å². The third kappa shape index (κ3) is 2.82. The monoisotopic (exact) mass is 213 g/mol. The molecule has 1 rings (SSSR count). The van der Waals surface area contributed by atoms with Gasteiger partial charge >= 0.3 is 0 Å². The summed E-state index contributed by atoms with van der Waals surface area (Å²) in [5, 5.41) is 0. The fourth-order valence-corrected chi connectivity index (χ4v) is 2.36. The standard InChI is InChI=1S/C10H15NO2S/c1-8-3-4-9(11)7-10(8)14(12)6-5-13-2/h3-4,7H,5-6,11H2,1-2H3. The van der Waals surface area contributed by atoms with Crippen molar-refractivity contribution in [1.29, 1.82) is 0 Å². The number of hydrogen-bond acceptors (Lipinski definition) is 3.